The van der Waals surface area contributed by atoms with Crippen molar-refractivity contribution >= 4 is 17.8 Å². The zero-order valence-electron chi connectivity index (χ0n) is 9.46. The van der Waals surface area contributed by atoms with Gasteiger partial charge in [-0.1, -0.05) is 0 Å². The largest absolute Gasteiger partial charge is 0.480 e. The molecule has 0 aliphatic carbocycles. The molecule has 96 valence electrons. The van der Waals surface area contributed by atoms with Gasteiger partial charge in [0.1, 0.15) is 6.04 Å². The molecular weight excluding hydrogens is 230 g/mol. The van der Waals surface area contributed by atoms with Crippen LogP contribution in [-0.2, 0) is 19.1 Å². The van der Waals surface area contributed by atoms with Crippen LogP contribution < -0.4 is 0 Å². The van der Waals surface area contributed by atoms with Crippen molar-refractivity contribution in [2.24, 2.45) is 5.92 Å². The van der Waals surface area contributed by atoms with Gasteiger partial charge in [-0.15, -0.1) is 0 Å². The number of esters is 1. The summed E-state index contributed by atoms with van der Waals surface area (Å²) in [7, 11) is 1.22. The third-order valence-corrected chi connectivity index (χ3v) is 2.76. The molecular formula is C10H15NO6. The van der Waals surface area contributed by atoms with Crippen LogP contribution in [0, 0.1) is 5.92 Å². The van der Waals surface area contributed by atoms with Crippen LogP contribution in [-0.4, -0.2) is 59.3 Å². The maximum Gasteiger partial charge on any atom is 0.326 e. The Bertz CT molecular complexity index is 329. The fraction of sp³-hybridized carbons (Fsp3) is 0.700. The number of carboxylic acids is 1. The summed E-state index contributed by atoms with van der Waals surface area (Å²) in [6.45, 7) is -0.299. The van der Waals surface area contributed by atoms with Crippen molar-refractivity contribution in [3.63, 3.8) is 0 Å². The minimum Gasteiger partial charge on any atom is -0.480 e. The minimum absolute atomic E-state index is 0.0302. The van der Waals surface area contributed by atoms with Crippen molar-refractivity contribution < 1.29 is 29.3 Å². The van der Waals surface area contributed by atoms with Crippen molar-refractivity contribution in [1.29, 1.82) is 0 Å². The highest BCUT2D eigenvalue weighted by Crippen LogP contribution is 2.22. The number of aliphatic hydroxyl groups is 1. The molecule has 7 heteroatoms. The van der Waals surface area contributed by atoms with Gasteiger partial charge in [0.2, 0.25) is 5.91 Å². The fourth-order valence-corrected chi connectivity index (χ4v) is 1.89. The Morgan fingerprint density at radius 1 is 1.59 bits per heavy atom. The number of hydrogen-bond donors (Lipinski definition) is 2. The number of hydrogen-bond acceptors (Lipinski definition) is 5. The lowest BCUT2D eigenvalue weighted by Gasteiger charge is -2.23. The van der Waals surface area contributed by atoms with Gasteiger partial charge in [-0.25, -0.2) is 4.79 Å². The summed E-state index contributed by atoms with van der Waals surface area (Å²) in [5.41, 5.74) is 0. The first-order valence-electron chi connectivity index (χ1n) is 5.22. The van der Waals surface area contributed by atoms with E-state index in [-0.39, 0.29) is 26.0 Å². The summed E-state index contributed by atoms with van der Waals surface area (Å²) >= 11 is 0. The Hall–Kier alpha value is -1.63. The zero-order valence-corrected chi connectivity index (χ0v) is 9.46. The van der Waals surface area contributed by atoms with Crippen molar-refractivity contribution in [2.75, 3.05) is 20.3 Å². The molecule has 1 amide bonds. The van der Waals surface area contributed by atoms with Crippen molar-refractivity contribution in [1.82, 2.24) is 4.90 Å². The molecule has 1 fully saturated rings. The van der Waals surface area contributed by atoms with Crippen LogP contribution in [0.25, 0.3) is 0 Å². The molecule has 7 nitrogen and oxygen atoms in total. The predicted molar refractivity (Wildman–Crippen MR) is 55.0 cm³/mol. The van der Waals surface area contributed by atoms with Gasteiger partial charge in [0.05, 0.1) is 13.0 Å². The third-order valence-electron chi connectivity index (χ3n) is 2.76. The first-order valence-corrected chi connectivity index (χ1v) is 5.22. The Kier molecular flexibility index (Phi) is 4.45. The summed E-state index contributed by atoms with van der Waals surface area (Å²) in [5, 5.41) is 17.7. The van der Waals surface area contributed by atoms with E-state index in [9.17, 15) is 14.4 Å². The van der Waals surface area contributed by atoms with E-state index >= 15 is 0 Å². The first-order chi connectivity index (χ1) is 8.01. The second-order valence-corrected chi connectivity index (χ2v) is 3.84. The molecule has 0 aromatic rings. The van der Waals surface area contributed by atoms with Gasteiger partial charge < -0.3 is 19.8 Å². The Morgan fingerprint density at radius 3 is 2.71 bits per heavy atom. The van der Waals surface area contributed by atoms with E-state index in [0.717, 1.165) is 4.90 Å². The highest BCUT2D eigenvalue weighted by molar-refractivity contribution is 5.90. The lowest BCUT2D eigenvalue weighted by molar-refractivity contribution is -0.149. The third kappa shape index (κ3) is 2.94. The molecule has 1 aliphatic heterocycles. The number of carboxylic acid groups (broad SMARTS) is 1. The van der Waals surface area contributed by atoms with Gasteiger partial charge in [0.25, 0.3) is 0 Å². The summed E-state index contributed by atoms with van der Waals surface area (Å²) in [6.07, 6.45) is -0.0865. The van der Waals surface area contributed by atoms with E-state index in [1.807, 2.05) is 0 Å². The van der Waals surface area contributed by atoms with Gasteiger partial charge in [0.15, 0.2) is 0 Å². The molecule has 1 saturated heterocycles. The lowest BCUT2D eigenvalue weighted by atomic mass is 10.1. The zero-order chi connectivity index (χ0) is 13.0. The highest BCUT2D eigenvalue weighted by Gasteiger charge is 2.40. The van der Waals surface area contributed by atoms with Crippen LogP contribution in [0.5, 0.6) is 0 Å². The number of carbonyl (C=O) groups excluding carboxylic acids is 2. The second kappa shape index (κ2) is 5.62. The number of carbonyl (C=O) groups is 3. The molecule has 1 heterocycles. The van der Waals surface area contributed by atoms with Crippen LogP contribution in [0.15, 0.2) is 0 Å². The predicted octanol–water partition coefficient (Wildman–Crippen LogP) is -1.16. The smallest absolute Gasteiger partial charge is 0.326 e. The molecule has 2 N–H and O–H groups in total. The fourth-order valence-electron chi connectivity index (χ4n) is 1.89. The molecule has 0 bridgehead atoms. The molecule has 2 atom stereocenters. The summed E-state index contributed by atoms with van der Waals surface area (Å²) < 4.78 is 4.52. The number of aliphatic carboxylic acids is 1. The minimum atomic E-state index is -1.18. The first kappa shape index (κ1) is 13.4. The number of likely N-dealkylation sites (tertiary alicyclic amines) is 1. The Morgan fingerprint density at radius 2 is 2.24 bits per heavy atom. The van der Waals surface area contributed by atoms with Crippen molar-refractivity contribution in [3.8, 4) is 0 Å². The summed E-state index contributed by atoms with van der Waals surface area (Å²) in [5.74, 6) is -2.72. The Balaban J connectivity index is 2.74. The van der Waals surface area contributed by atoms with E-state index < -0.39 is 29.8 Å². The molecule has 0 radical (unpaired) electrons. The highest BCUT2D eigenvalue weighted by atomic mass is 16.5. The topological polar surface area (TPSA) is 104 Å². The normalized spacial score (nSPS) is 21.4. The van der Waals surface area contributed by atoms with Crippen LogP contribution >= 0.6 is 0 Å². The SMILES string of the molecule is COC(=O)C1CC(=O)N([C@@H](CCO)C(=O)O)C1. The molecule has 17 heavy (non-hydrogen) atoms. The number of rotatable bonds is 5. The molecule has 0 aromatic carbocycles. The van der Waals surface area contributed by atoms with Crippen LogP contribution in [0.2, 0.25) is 0 Å². The van der Waals surface area contributed by atoms with Crippen LogP contribution in [0.1, 0.15) is 12.8 Å². The lowest BCUT2D eigenvalue weighted by Crippen LogP contribution is -2.43. The number of methoxy groups -OCH3 is 1. The average molecular weight is 245 g/mol. The molecule has 1 unspecified atom stereocenters. The van der Waals surface area contributed by atoms with Crippen LogP contribution in [0.4, 0.5) is 0 Å². The molecule has 1 rings (SSSR count). The van der Waals surface area contributed by atoms with E-state index in [0.29, 0.717) is 0 Å². The number of amides is 1. The number of nitrogens with zero attached hydrogens (tertiary/aromatic N) is 1. The molecule has 0 spiro atoms. The van der Waals surface area contributed by atoms with E-state index in [2.05, 4.69) is 4.74 Å². The van der Waals surface area contributed by atoms with Crippen LogP contribution in [0.3, 0.4) is 0 Å². The van der Waals surface area contributed by atoms with Gasteiger partial charge in [-0.05, 0) is 0 Å². The number of aliphatic hydroxyl groups excluding tert-OH is 1. The molecule has 1 aliphatic rings. The molecule has 0 saturated carbocycles. The summed E-state index contributed by atoms with van der Waals surface area (Å²) in [4.78, 5) is 34.9. The van der Waals surface area contributed by atoms with Gasteiger partial charge in [0, 0.05) is 26.0 Å². The van der Waals surface area contributed by atoms with Gasteiger partial charge >= 0.3 is 11.9 Å². The maximum atomic E-state index is 11.6. The van der Waals surface area contributed by atoms with Crippen molar-refractivity contribution in [3.05, 3.63) is 0 Å². The Labute approximate surface area is 98.0 Å². The van der Waals surface area contributed by atoms with Gasteiger partial charge in [-0.2, -0.15) is 0 Å². The summed E-state index contributed by atoms with van der Waals surface area (Å²) in [6, 6.07) is -1.08. The number of ether oxygens (including phenoxy) is 1. The van der Waals surface area contributed by atoms with E-state index in [1.165, 1.54) is 7.11 Å². The average Bonchev–Trinajstić information content (AvgIpc) is 2.66. The standard InChI is InChI=1S/C10H15NO6/c1-17-10(16)6-4-8(13)11(5-6)7(2-3-12)9(14)15/h6-7,12H,2-5H2,1H3,(H,14,15)/t6?,7-/m0/s1. The van der Waals surface area contributed by atoms with E-state index in [4.69, 9.17) is 10.2 Å². The van der Waals surface area contributed by atoms with Gasteiger partial charge in [-0.3, -0.25) is 9.59 Å². The van der Waals surface area contributed by atoms with E-state index in [1.54, 1.807) is 0 Å². The maximum absolute atomic E-state index is 11.6. The molecule has 0 aromatic heterocycles. The second-order valence-electron chi connectivity index (χ2n) is 3.84. The monoisotopic (exact) mass is 245 g/mol. The van der Waals surface area contributed by atoms with Crippen molar-refractivity contribution in [2.45, 2.75) is 18.9 Å². The quantitative estimate of drug-likeness (QED) is 0.592.